The lowest BCUT2D eigenvalue weighted by Crippen LogP contribution is -2.45. The summed E-state index contributed by atoms with van der Waals surface area (Å²) >= 11 is 3.28. The number of halogens is 2. The SMILES string of the molecule is [C-]#[N+]c1cc(C(=O)C[C@H](C(=O)N2CCC[C@H]2C(=O)C[C@@H](CCCN=C(N)N)C(=O)CF)C(C)C)ccc1Br. The zero-order valence-electron chi connectivity index (χ0n) is 21.8. The maximum absolute atomic E-state index is 13.6. The number of benzene rings is 1. The van der Waals surface area contributed by atoms with E-state index in [9.17, 15) is 23.6 Å². The average Bonchev–Trinajstić information content (AvgIpc) is 3.38. The predicted molar refractivity (Wildman–Crippen MR) is 146 cm³/mol. The zero-order chi connectivity index (χ0) is 28.4. The Morgan fingerprint density at radius 2 is 1.95 bits per heavy atom. The van der Waals surface area contributed by atoms with Gasteiger partial charge in [-0.3, -0.25) is 24.2 Å². The average molecular weight is 593 g/mol. The number of guanidine groups is 1. The van der Waals surface area contributed by atoms with Gasteiger partial charge in [-0.25, -0.2) is 9.24 Å². The molecule has 1 aromatic carbocycles. The Morgan fingerprint density at radius 3 is 2.55 bits per heavy atom. The highest BCUT2D eigenvalue weighted by Gasteiger charge is 2.39. The Morgan fingerprint density at radius 1 is 1.24 bits per heavy atom. The highest BCUT2D eigenvalue weighted by atomic mass is 79.9. The first-order valence-corrected chi connectivity index (χ1v) is 13.5. The summed E-state index contributed by atoms with van der Waals surface area (Å²) in [4.78, 5) is 60.8. The molecule has 1 aliphatic rings. The van der Waals surface area contributed by atoms with Crippen LogP contribution in [-0.2, 0) is 14.4 Å². The van der Waals surface area contributed by atoms with Crippen LogP contribution in [0.1, 0.15) is 62.7 Å². The summed E-state index contributed by atoms with van der Waals surface area (Å²) in [7, 11) is 0. The van der Waals surface area contributed by atoms with Gasteiger partial charge in [0.25, 0.3) is 0 Å². The van der Waals surface area contributed by atoms with Gasteiger partial charge in [-0.05, 0) is 37.7 Å². The lowest BCUT2D eigenvalue weighted by atomic mass is 9.86. The van der Waals surface area contributed by atoms with Crippen molar-refractivity contribution in [1.29, 1.82) is 0 Å². The number of rotatable bonds is 14. The molecule has 1 amide bonds. The number of alkyl halides is 1. The second-order valence-corrected chi connectivity index (χ2v) is 10.7. The highest BCUT2D eigenvalue weighted by Crippen LogP contribution is 2.31. The van der Waals surface area contributed by atoms with Gasteiger partial charge in [0, 0.05) is 47.8 Å². The molecule has 1 saturated heterocycles. The molecular formula is C27H35BrFN5O4. The quantitative estimate of drug-likeness (QED) is 0.110. The molecule has 4 N–H and O–H groups in total. The summed E-state index contributed by atoms with van der Waals surface area (Å²) in [6.07, 6.45) is 1.53. The van der Waals surface area contributed by atoms with E-state index in [1.807, 2.05) is 13.8 Å². The van der Waals surface area contributed by atoms with Crippen molar-refractivity contribution in [1.82, 2.24) is 4.90 Å². The van der Waals surface area contributed by atoms with E-state index in [1.54, 1.807) is 12.1 Å². The third kappa shape index (κ3) is 8.45. The number of hydrogen-bond donors (Lipinski definition) is 2. The Bertz CT molecular complexity index is 1110. The summed E-state index contributed by atoms with van der Waals surface area (Å²) < 4.78 is 13.8. The first-order chi connectivity index (χ1) is 18.0. The van der Waals surface area contributed by atoms with Gasteiger partial charge in [-0.1, -0.05) is 41.9 Å². The Labute approximate surface area is 231 Å². The fourth-order valence-corrected chi connectivity index (χ4v) is 5.02. The van der Waals surface area contributed by atoms with Crippen molar-refractivity contribution in [2.45, 2.75) is 58.4 Å². The van der Waals surface area contributed by atoms with Gasteiger partial charge in [0.05, 0.1) is 12.6 Å². The molecule has 0 radical (unpaired) electrons. The summed E-state index contributed by atoms with van der Waals surface area (Å²) in [5.41, 5.74) is 11.3. The lowest BCUT2D eigenvalue weighted by molar-refractivity contribution is -0.142. The topological polar surface area (TPSA) is 140 Å². The van der Waals surface area contributed by atoms with Gasteiger partial charge in [0.2, 0.25) is 11.6 Å². The van der Waals surface area contributed by atoms with E-state index < -0.39 is 30.3 Å². The maximum atomic E-state index is 13.6. The molecule has 1 fully saturated rings. The third-order valence-corrected chi connectivity index (χ3v) is 7.53. The molecule has 0 unspecified atom stereocenters. The molecule has 0 spiro atoms. The van der Waals surface area contributed by atoms with E-state index >= 15 is 0 Å². The molecule has 1 heterocycles. The molecule has 1 aromatic rings. The van der Waals surface area contributed by atoms with E-state index in [4.69, 9.17) is 18.0 Å². The summed E-state index contributed by atoms with van der Waals surface area (Å²) in [5.74, 6) is -3.20. The molecule has 206 valence electrons. The van der Waals surface area contributed by atoms with E-state index in [-0.39, 0.29) is 55.2 Å². The Balaban J connectivity index is 2.14. The van der Waals surface area contributed by atoms with Crippen LogP contribution in [-0.4, -0.2) is 59.9 Å². The minimum atomic E-state index is -1.17. The van der Waals surface area contributed by atoms with E-state index in [1.165, 1.54) is 11.0 Å². The van der Waals surface area contributed by atoms with Crippen molar-refractivity contribution in [2.24, 2.45) is 34.2 Å². The predicted octanol–water partition coefficient (Wildman–Crippen LogP) is 4.00. The summed E-state index contributed by atoms with van der Waals surface area (Å²) in [5, 5.41) is 0. The number of Topliss-reactive ketones (excluding diaryl/α,β-unsaturated/α-hetero) is 3. The molecule has 0 aliphatic carbocycles. The molecule has 0 aromatic heterocycles. The Kier molecular flexibility index (Phi) is 12.0. The van der Waals surface area contributed by atoms with E-state index in [0.29, 0.717) is 41.5 Å². The fourth-order valence-electron chi connectivity index (χ4n) is 4.69. The summed E-state index contributed by atoms with van der Waals surface area (Å²) in [6, 6.07) is 4.03. The van der Waals surface area contributed by atoms with Crippen LogP contribution in [0.15, 0.2) is 27.7 Å². The van der Waals surface area contributed by atoms with E-state index in [0.717, 1.165) is 0 Å². The zero-order valence-corrected chi connectivity index (χ0v) is 23.4. The molecule has 38 heavy (non-hydrogen) atoms. The number of nitrogens with two attached hydrogens (primary N) is 2. The molecular weight excluding hydrogens is 557 g/mol. The minimum absolute atomic E-state index is 0.0548. The molecule has 11 heteroatoms. The van der Waals surface area contributed by atoms with Crippen molar-refractivity contribution in [3.63, 3.8) is 0 Å². The number of carbonyl (C=O) groups is 4. The molecule has 9 nitrogen and oxygen atoms in total. The highest BCUT2D eigenvalue weighted by molar-refractivity contribution is 9.10. The van der Waals surface area contributed by atoms with Gasteiger partial charge in [0.1, 0.15) is 6.67 Å². The van der Waals surface area contributed by atoms with Crippen molar-refractivity contribution in [3.05, 3.63) is 39.7 Å². The lowest BCUT2D eigenvalue weighted by Gasteiger charge is -2.30. The molecule has 0 bridgehead atoms. The smallest absolute Gasteiger partial charge is 0.227 e. The number of nitrogens with zero attached hydrogens (tertiary/aromatic N) is 3. The number of aliphatic imine (C=N–C) groups is 1. The van der Waals surface area contributed by atoms with Gasteiger partial charge in [-0.2, -0.15) is 0 Å². The number of likely N-dealkylation sites (tertiary alicyclic amines) is 1. The maximum Gasteiger partial charge on any atom is 0.227 e. The molecule has 1 aliphatic heterocycles. The van der Waals surface area contributed by atoms with Crippen LogP contribution in [0.2, 0.25) is 0 Å². The third-order valence-electron chi connectivity index (χ3n) is 6.86. The second kappa shape index (κ2) is 14.7. The van der Waals surface area contributed by atoms with Crippen LogP contribution in [0, 0.1) is 24.3 Å². The van der Waals surface area contributed by atoms with Crippen LogP contribution in [0.5, 0.6) is 0 Å². The number of hydrogen-bond acceptors (Lipinski definition) is 5. The van der Waals surface area contributed by atoms with Crippen molar-refractivity contribution < 1.29 is 23.6 Å². The normalized spacial score (nSPS) is 16.5. The standard InChI is InChI=1S/C27H35BrFN5O4/c1-16(2)19(14-23(35)18-8-9-20(28)21(12-18)32-3)26(38)34-11-5-7-22(34)24(36)13-17(25(37)15-29)6-4-10-33-27(30)31/h8-9,12,16-17,19,22H,4-7,10-11,13-15H2,1-2H3,(H4,30,31,33)/t17-,19+,22+/m1/s1. The fraction of sp³-hybridized carbons (Fsp3) is 0.556. The van der Waals surface area contributed by atoms with Crippen molar-refractivity contribution in [2.75, 3.05) is 19.8 Å². The van der Waals surface area contributed by atoms with Gasteiger partial charge < -0.3 is 16.4 Å². The molecule has 0 saturated carbocycles. The van der Waals surface area contributed by atoms with Crippen LogP contribution >= 0.6 is 15.9 Å². The largest absolute Gasteiger partial charge is 0.370 e. The van der Waals surface area contributed by atoms with E-state index in [2.05, 4.69) is 25.8 Å². The van der Waals surface area contributed by atoms with Crippen molar-refractivity contribution in [3.8, 4) is 0 Å². The number of amides is 1. The molecule has 2 rings (SSSR count). The number of carbonyl (C=O) groups excluding carboxylic acids is 4. The molecule has 3 atom stereocenters. The van der Waals surface area contributed by atoms with Crippen molar-refractivity contribution >= 4 is 50.8 Å². The number of ketones is 3. The first-order valence-electron chi connectivity index (χ1n) is 12.7. The minimum Gasteiger partial charge on any atom is -0.370 e. The first kappa shape index (κ1) is 31.1. The van der Waals surface area contributed by atoms with Crippen LogP contribution in [0.25, 0.3) is 4.85 Å². The Hall–Kier alpha value is -3.13. The summed E-state index contributed by atoms with van der Waals surface area (Å²) in [6.45, 7) is 10.4. The van der Waals surface area contributed by atoms with Gasteiger partial charge >= 0.3 is 0 Å². The van der Waals surface area contributed by atoms with Crippen LogP contribution in [0.4, 0.5) is 10.1 Å². The van der Waals surface area contributed by atoms with Gasteiger partial charge in [0.15, 0.2) is 23.3 Å². The van der Waals surface area contributed by atoms with Gasteiger partial charge in [-0.15, -0.1) is 0 Å². The monoisotopic (exact) mass is 591 g/mol. The van der Waals surface area contributed by atoms with Crippen LogP contribution < -0.4 is 11.5 Å². The second-order valence-electron chi connectivity index (χ2n) is 9.86. The van der Waals surface area contributed by atoms with Crippen LogP contribution in [0.3, 0.4) is 0 Å².